The van der Waals surface area contributed by atoms with Crippen LogP contribution >= 0.6 is 0 Å². The zero-order chi connectivity index (χ0) is 21.8. The lowest BCUT2D eigenvalue weighted by Crippen LogP contribution is -2.46. The maximum absolute atomic E-state index is 12.7. The molecule has 0 aromatic rings. The molecule has 4 rings (SSSR count). The van der Waals surface area contributed by atoms with Crippen LogP contribution in [-0.4, -0.2) is 134 Å². The van der Waals surface area contributed by atoms with Crippen LogP contribution in [0.15, 0.2) is 0 Å². The second kappa shape index (κ2) is 10.6. The van der Waals surface area contributed by atoms with E-state index in [2.05, 4.69) is 23.6 Å². The second-order valence-corrected chi connectivity index (χ2v) is 9.36. The molecule has 2 amide bonds. The van der Waals surface area contributed by atoms with Gasteiger partial charge in [0.15, 0.2) is 0 Å². The standard InChI is InChI=1S/C22H38N4O5/c1-17-11-19(23-3-7-29-8-4-23)13-25(17)21(27)15-31-16-22(28)26-14-20(12-18(26)2)24-5-9-30-10-6-24/h17-20H,3-16H2,1-2H3. The molecule has 176 valence electrons. The summed E-state index contributed by atoms with van der Waals surface area (Å²) in [6.07, 6.45) is 1.97. The van der Waals surface area contributed by atoms with E-state index in [-0.39, 0.29) is 37.1 Å². The van der Waals surface area contributed by atoms with Crippen LogP contribution in [0.2, 0.25) is 0 Å². The van der Waals surface area contributed by atoms with Crippen LogP contribution in [0.5, 0.6) is 0 Å². The Labute approximate surface area is 185 Å². The van der Waals surface area contributed by atoms with Crippen molar-refractivity contribution in [2.45, 2.75) is 50.9 Å². The van der Waals surface area contributed by atoms with Gasteiger partial charge in [-0.25, -0.2) is 0 Å². The van der Waals surface area contributed by atoms with E-state index in [1.165, 1.54) is 0 Å². The van der Waals surface area contributed by atoms with E-state index in [0.29, 0.717) is 12.1 Å². The summed E-state index contributed by atoms with van der Waals surface area (Å²) in [5.41, 5.74) is 0. The van der Waals surface area contributed by atoms with Crippen molar-refractivity contribution in [2.24, 2.45) is 0 Å². The van der Waals surface area contributed by atoms with E-state index in [9.17, 15) is 9.59 Å². The lowest BCUT2D eigenvalue weighted by Gasteiger charge is -2.32. The molecule has 4 saturated heterocycles. The highest BCUT2D eigenvalue weighted by Gasteiger charge is 2.37. The van der Waals surface area contributed by atoms with Gasteiger partial charge in [-0.3, -0.25) is 19.4 Å². The fourth-order valence-corrected chi connectivity index (χ4v) is 5.51. The fourth-order valence-electron chi connectivity index (χ4n) is 5.51. The maximum atomic E-state index is 12.7. The molecule has 4 unspecified atom stereocenters. The van der Waals surface area contributed by atoms with Gasteiger partial charge in [0.05, 0.1) is 26.4 Å². The zero-order valence-corrected chi connectivity index (χ0v) is 19.0. The van der Waals surface area contributed by atoms with E-state index in [0.717, 1.165) is 78.5 Å². The average molecular weight is 439 g/mol. The molecule has 4 aliphatic rings. The van der Waals surface area contributed by atoms with E-state index in [4.69, 9.17) is 14.2 Å². The molecule has 9 nitrogen and oxygen atoms in total. The predicted octanol–water partition coefficient (Wildman–Crippen LogP) is -0.354. The van der Waals surface area contributed by atoms with Gasteiger partial charge in [-0.15, -0.1) is 0 Å². The molecule has 0 aromatic heterocycles. The fraction of sp³-hybridized carbons (Fsp3) is 0.909. The number of hydrogen-bond donors (Lipinski definition) is 0. The maximum Gasteiger partial charge on any atom is 0.248 e. The van der Waals surface area contributed by atoms with Crippen molar-refractivity contribution < 1.29 is 23.8 Å². The summed E-state index contributed by atoms with van der Waals surface area (Å²) >= 11 is 0. The molecule has 4 atom stereocenters. The van der Waals surface area contributed by atoms with Gasteiger partial charge < -0.3 is 24.0 Å². The summed E-state index contributed by atoms with van der Waals surface area (Å²) in [6.45, 7) is 12.4. The molecular formula is C22H38N4O5. The number of rotatable bonds is 6. The van der Waals surface area contributed by atoms with Crippen molar-refractivity contribution in [3.8, 4) is 0 Å². The number of morpholine rings is 2. The molecule has 0 aromatic carbocycles. The molecule has 4 fully saturated rings. The molecule has 4 aliphatic heterocycles. The van der Waals surface area contributed by atoms with Crippen LogP contribution in [0.4, 0.5) is 0 Å². The normalized spacial score (nSPS) is 33.2. The number of hydrogen-bond acceptors (Lipinski definition) is 7. The van der Waals surface area contributed by atoms with Gasteiger partial charge >= 0.3 is 0 Å². The van der Waals surface area contributed by atoms with Gasteiger partial charge in [0, 0.05) is 63.4 Å². The smallest absolute Gasteiger partial charge is 0.248 e. The van der Waals surface area contributed by atoms with E-state index in [1.807, 2.05) is 9.80 Å². The van der Waals surface area contributed by atoms with Gasteiger partial charge in [0.2, 0.25) is 11.8 Å². The van der Waals surface area contributed by atoms with Crippen molar-refractivity contribution in [2.75, 3.05) is 78.9 Å². The number of ether oxygens (including phenoxy) is 3. The zero-order valence-electron chi connectivity index (χ0n) is 19.0. The lowest BCUT2D eigenvalue weighted by atomic mass is 10.1. The largest absolute Gasteiger partial charge is 0.379 e. The molecule has 31 heavy (non-hydrogen) atoms. The Bertz CT molecular complexity index is 571. The van der Waals surface area contributed by atoms with Gasteiger partial charge in [0.25, 0.3) is 0 Å². The minimum absolute atomic E-state index is 0.0169. The Morgan fingerprint density at radius 3 is 1.52 bits per heavy atom. The summed E-state index contributed by atoms with van der Waals surface area (Å²) in [4.78, 5) is 34.1. The molecule has 0 radical (unpaired) electrons. The average Bonchev–Trinajstić information content (AvgIpc) is 3.38. The molecule has 0 aliphatic carbocycles. The topological polar surface area (TPSA) is 74.8 Å². The predicted molar refractivity (Wildman–Crippen MR) is 115 cm³/mol. The number of nitrogens with zero attached hydrogens (tertiary/aromatic N) is 4. The quantitative estimate of drug-likeness (QED) is 0.561. The highest BCUT2D eigenvalue weighted by molar-refractivity contribution is 5.80. The van der Waals surface area contributed by atoms with Gasteiger partial charge in [-0.05, 0) is 26.7 Å². The highest BCUT2D eigenvalue weighted by Crippen LogP contribution is 2.24. The SMILES string of the molecule is CC1CC(N2CCOCC2)CN1C(=O)COCC(=O)N1CC(N2CCOCC2)CC1C. The Kier molecular flexibility index (Phi) is 7.81. The van der Waals surface area contributed by atoms with Gasteiger partial charge in [0.1, 0.15) is 13.2 Å². The van der Waals surface area contributed by atoms with E-state index >= 15 is 0 Å². The van der Waals surface area contributed by atoms with Crippen molar-refractivity contribution in [3.63, 3.8) is 0 Å². The Balaban J connectivity index is 1.19. The van der Waals surface area contributed by atoms with Crippen molar-refractivity contribution >= 4 is 11.8 Å². The molecule has 0 N–H and O–H groups in total. The molecule has 0 saturated carbocycles. The van der Waals surface area contributed by atoms with Crippen LogP contribution in [-0.2, 0) is 23.8 Å². The van der Waals surface area contributed by atoms with Gasteiger partial charge in [-0.2, -0.15) is 0 Å². The first-order valence-electron chi connectivity index (χ1n) is 11.8. The summed E-state index contributed by atoms with van der Waals surface area (Å²) in [5.74, 6) is -0.0338. The minimum Gasteiger partial charge on any atom is -0.379 e. The molecular weight excluding hydrogens is 400 g/mol. The van der Waals surface area contributed by atoms with Crippen molar-refractivity contribution in [3.05, 3.63) is 0 Å². The first-order chi connectivity index (χ1) is 15.0. The summed E-state index contributed by atoms with van der Waals surface area (Å²) < 4.78 is 16.5. The Morgan fingerprint density at radius 1 is 0.742 bits per heavy atom. The highest BCUT2D eigenvalue weighted by atomic mass is 16.5. The monoisotopic (exact) mass is 438 g/mol. The molecule has 9 heteroatoms. The van der Waals surface area contributed by atoms with E-state index < -0.39 is 0 Å². The number of likely N-dealkylation sites (tertiary alicyclic amines) is 2. The number of carbonyl (C=O) groups is 2. The van der Waals surface area contributed by atoms with E-state index in [1.54, 1.807) is 0 Å². The number of amides is 2. The third-order valence-electron chi connectivity index (χ3n) is 7.32. The first-order valence-corrected chi connectivity index (χ1v) is 11.8. The van der Waals surface area contributed by atoms with Crippen LogP contribution < -0.4 is 0 Å². The lowest BCUT2D eigenvalue weighted by molar-refractivity contribution is -0.142. The second-order valence-electron chi connectivity index (χ2n) is 9.36. The third kappa shape index (κ3) is 5.57. The van der Waals surface area contributed by atoms with Crippen molar-refractivity contribution in [1.82, 2.24) is 19.6 Å². The van der Waals surface area contributed by atoms with Crippen LogP contribution in [0.1, 0.15) is 26.7 Å². The van der Waals surface area contributed by atoms with Crippen molar-refractivity contribution in [1.29, 1.82) is 0 Å². The Morgan fingerprint density at radius 2 is 1.13 bits per heavy atom. The summed E-state index contributed by atoms with van der Waals surface area (Å²) in [5, 5.41) is 0. The molecule has 4 heterocycles. The Hall–Kier alpha value is -1.26. The number of carbonyl (C=O) groups excluding carboxylic acids is 2. The molecule has 0 spiro atoms. The third-order valence-corrected chi connectivity index (χ3v) is 7.32. The van der Waals surface area contributed by atoms with Crippen LogP contribution in [0.25, 0.3) is 0 Å². The van der Waals surface area contributed by atoms with Gasteiger partial charge in [-0.1, -0.05) is 0 Å². The van der Waals surface area contributed by atoms with Crippen LogP contribution in [0, 0.1) is 0 Å². The van der Waals surface area contributed by atoms with Crippen LogP contribution in [0.3, 0.4) is 0 Å². The summed E-state index contributed by atoms with van der Waals surface area (Å²) in [7, 11) is 0. The molecule has 0 bridgehead atoms. The first kappa shape index (κ1) is 22.9. The minimum atomic E-state index is -0.0268. The summed E-state index contributed by atoms with van der Waals surface area (Å²) in [6, 6.07) is 1.19.